The first kappa shape index (κ1) is 57.5. The van der Waals surface area contributed by atoms with Crippen LogP contribution >= 0.6 is 15.9 Å². The lowest BCUT2D eigenvalue weighted by molar-refractivity contribution is 0.00578. The van der Waals surface area contributed by atoms with Gasteiger partial charge >= 0.3 is 37.2 Å². The Labute approximate surface area is 422 Å². The lowest BCUT2D eigenvalue weighted by Gasteiger charge is -2.32. The number of carbonyl (C=O) groups excluding carboxylic acids is 5. The number of aromatic nitrogens is 6. The van der Waals surface area contributed by atoms with Crippen LogP contribution in [0.5, 0.6) is 0 Å². The molecule has 1 N–H and O–H groups in total. The Hall–Kier alpha value is -7.11. The van der Waals surface area contributed by atoms with Gasteiger partial charge in [-0.15, -0.1) is 0 Å². The van der Waals surface area contributed by atoms with E-state index in [1.54, 1.807) is 39.4 Å². The number of nitrogens with zero attached hydrogens (tertiary/aromatic N) is 5. The SMILES string of the molecule is CC(C)(C)OC(=O)n1cc(B2OC(C)(C)C(C)(C)O2)cn1.COC(=O)c1ccc(-c2cn[nH]c2)c(F)c1.COC(=O)c1ccc(-c2cnn(C(=O)OC(C)(C)C)c2)c(F)c1.COC(=O)c1ccc(Br)c(F)c1. The zero-order valence-corrected chi connectivity index (χ0v) is 43.5. The number of ether oxygens (including phenoxy) is 5. The van der Waals surface area contributed by atoms with Crippen LogP contribution in [-0.4, -0.2) is 111 Å². The summed E-state index contributed by atoms with van der Waals surface area (Å²) in [4.78, 5) is 57.2. The van der Waals surface area contributed by atoms with E-state index in [1.165, 1.54) is 76.3 Å². The Balaban J connectivity index is 0.000000214. The van der Waals surface area contributed by atoms with Gasteiger partial charge < -0.3 is 33.0 Å². The predicted octanol–water partition coefficient (Wildman–Crippen LogP) is 9.60. The predicted molar refractivity (Wildman–Crippen MR) is 261 cm³/mol. The number of aromatic amines is 1. The van der Waals surface area contributed by atoms with Crippen molar-refractivity contribution in [2.45, 2.75) is 91.6 Å². The van der Waals surface area contributed by atoms with Gasteiger partial charge in [0.2, 0.25) is 0 Å². The maximum absolute atomic E-state index is 14.2. The van der Waals surface area contributed by atoms with Crippen LogP contribution in [0.3, 0.4) is 0 Å². The number of esters is 3. The fraction of sp³-hybridized carbons (Fsp3) is 0.347. The average Bonchev–Trinajstić information content (AvgIpc) is 4.14. The van der Waals surface area contributed by atoms with Crippen molar-refractivity contribution in [2.24, 2.45) is 0 Å². The molecule has 1 saturated heterocycles. The Morgan fingerprint density at radius 1 is 0.611 bits per heavy atom. The van der Waals surface area contributed by atoms with Crippen LogP contribution in [0, 0.1) is 17.5 Å². The minimum atomic E-state index is -0.657. The van der Waals surface area contributed by atoms with E-state index in [0.717, 1.165) is 27.6 Å². The topological polar surface area (TPSA) is 214 Å². The molecule has 4 heterocycles. The van der Waals surface area contributed by atoms with Gasteiger partial charge in [-0.1, -0.05) is 12.1 Å². The van der Waals surface area contributed by atoms with Gasteiger partial charge in [-0.2, -0.15) is 24.7 Å². The summed E-state index contributed by atoms with van der Waals surface area (Å²) >= 11 is 2.97. The van der Waals surface area contributed by atoms with Crippen LogP contribution in [0.2, 0.25) is 0 Å². The quantitative estimate of drug-likeness (QED) is 0.0934. The third-order valence-corrected chi connectivity index (χ3v) is 10.8. The van der Waals surface area contributed by atoms with E-state index < -0.39 is 77.1 Å². The highest BCUT2D eigenvalue weighted by Crippen LogP contribution is 2.36. The third-order valence-electron chi connectivity index (χ3n) is 10.1. The van der Waals surface area contributed by atoms with Crippen molar-refractivity contribution in [1.29, 1.82) is 0 Å². The summed E-state index contributed by atoms with van der Waals surface area (Å²) in [5, 5.41) is 14.2. The first-order valence-electron chi connectivity index (χ1n) is 21.7. The molecule has 6 aromatic rings. The Bertz CT molecular complexity index is 2860. The molecule has 0 spiro atoms. The molecule has 0 aliphatic carbocycles. The van der Waals surface area contributed by atoms with E-state index in [9.17, 15) is 37.1 Å². The van der Waals surface area contributed by atoms with E-state index in [1.807, 2.05) is 48.5 Å². The molecule has 0 amide bonds. The van der Waals surface area contributed by atoms with Crippen molar-refractivity contribution in [1.82, 2.24) is 29.8 Å². The Kier molecular flexibility index (Phi) is 19.1. The van der Waals surface area contributed by atoms with Crippen molar-refractivity contribution in [3.63, 3.8) is 0 Å². The van der Waals surface area contributed by atoms with Gasteiger partial charge in [0.1, 0.15) is 28.7 Å². The largest absolute Gasteiger partial charge is 0.498 e. The summed E-state index contributed by atoms with van der Waals surface area (Å²) in [6.07, 6.45) is 7.76. The van der Waals surface area contributed by atoms with Gasteiger partial charge in [-0.05, 0) is 128 Å². The monoisotopic (exact) mass is 1070 g/mol. The van der Waals surface area contributed by atoms with Crippen molar-refractivity contribution in [2.75, 3.05) is 21.3 Å². The van der Waals surface area contributed by atoms with Crippen LogP contribution in [0.4, 0.5) is 22.8 Å². The number of carbonyl (C=O) groups is 5. The Morgan fingerprint density at radius 3 is 1.43 bits per heavy atom. The first-order valence-corrected chi connectivity index (χ1v) is 22.5. The molecule has 0 bridgehead atoms. The highest BCUT2D eigenvalue weighted by molar-refractivity contribution is 9.10. The molecular formula is C49H55BBrF3N6O12. The number of benzene rings is 3. The highest BCUT2D eigenvalue weighted by atomic mass is 79.9. The standard InChI is InChI=1S/C16H17FN2O4.C14H23BN2O4.C11H9FN2O2.C8H6BrFO2/c1-16(2,3)23-15(21)19-9-11(8-18-19)12-6-5-10(7-13(12)17)14(20)22-4;1-12(2,3)19-11(18)17-9-10(8-16-17)15-20-13(4,5)14(6,7)21-15;1-16-11(15)7-2-3-9(10(12)4-7)8-5-13-14-6-8;1-12-8(11)5-2-3-6(9)7(10)4-5/h5-9H,1-4H3;8-9H,1-7H3;2-6H,1H3,(H,13,14);2-4H,1H3. The summed E-state index contributed by atoms with van der Waals surface area (Å²) in [5.74, 6) is -3.29. The number of rotatable bonds is 6. The van der Waals surface area contributed by atoms with E-state index in [2.05, 4.69) is 50.5 Å². The smallest absolute Gasteiger partial charge is 0.465 e. The molecule has 0 saturated carbocycles. The molecule has 1 fully saturated rings. The van der Waals surface area contributed by atoms with Gasteiger partial charge in [-0.25, -0.2) is 37.1 Å². The highest BCUT2D eigenvalue weighted by Gasteiger charge is 2.52. The second-order valence-electron chi connectivity index (χ2n) is 18.4. The minimum Gasteiger partial charge on any atom is -0.465 e. The van der Waals surface area contributed by atoms with Gasteiger partial charge in [0.05, 0.1) is 66.1 Å². The second-order valence-corrected chi connectivity index (χ2v) is 19.3. The molecule has 3 aromatic carbocycles. The van der Waals surface area contributed by atoms with Gasteiger partial charge in [0, 0.05) is 52.5 Å². The molecule has 1 aliphatic heterocycles. The van der Waals surface area contributed by atoms with Gasteiger partial charge in [0.15, 0.2) is 0 Å². The van der Waals surface area contributed by atoms with E-state index in [-0.39, 0.29) is 22.3 Å². The summed E-state index contributed by atoms with van der Waals surface area (Å²) in [6, 6.07) is 12.2. The maximum Gasteiger partial charge on any atom is 0.498 e. The van der Waals surface area contributed by atoms with Crippen molar-refractivity contribution >= 4 is 58.6 Å². The van der Waals surface area contributed by atoms with Crippen molar-refractivity contribution < 1.29 is 70.1 Å². The second kappa shape index (κ2) is 23.9. The summed E-state index contributed by atoms with van der Waals surface area (Å²) < 4.78 is 78.8. The first-order chi connectivity index (χ1) is 33.5. The average molecular weight is 1070 g/mol. The van der Waals surface area contributed by atoms with Crippen LogP contribution in [-0.2, 0) is 33.0 Å². The number of hydrogen-bond acceptors (Lipinski definition) is 15. The third kappa shape index (κ3) is 15.7. The fourth-order valence-electron chi connectivity index (χ4n) is 5.84. The normalized spacial score (nSPS) is 13.4. The maximum atomic E-state index is 14.2. The van der Waals surface area contributed by atoms with E-state index >= 15 is 0 Å². The summed E-state index contributed by atoms with van der Waals surface area (Å²) in [5.41, 5.74) is 0.757. The van der Waals surface area contributed by atoms with Gasteiger partial charge in [-0.3, -0.25) is 5.10 Å². The van der Waals surface area contributed by atoms with Crippen LogP contribution in [0.15, 0.2) is 96.3 Å². The van der Waals surface area contributed by atoms with E-state index in [0.29, 0.717) is 26.6 Å². The number of H-pyrrole nitrogens is 1. The minimum absolute atomic E-state index is 0.105. The van der Waals surface area contributed by atoms with Crippen molar-refractivity contribution in [3.05, 3.63) is 130 Å². The molecule has 0 unspecified atom stereocenters. The number of halogens is 4. The molecule has 0 atom stereocenters. The van der Waals surface area contributed by atoms with Gasteiger partial charge in [0.25, 0.3) is 0 Å². The molecular weight excluding hydrogens is 1010 g/mol. The number of hydrogen-bond donors (Lipinski definition) is 1. The molecule has 18 nitrogen and oxygen atoms in total. The lowest BCUT2D eigenvalue weighted by Crippen LogP contribution is -2.41. The van der Waals surface area contributed by atoms with E-state index in [4.69, 9.17) is 18.8 Å². The summed E-state index contributed by atoms with van der Waals surface area (Å²) in [7, 11) is 3.19. The number of nitrogens with one attached hydrogen (secondary N) is 1. The molecule has 23 heteroatoms. The molecule has 72 heavy (non-hydrogen) atoms. The Morgan fingerprint density at radius 2 is 1.03 bits per heavy atom. The lowest BCUT2D eigenvalue weighted by atomic mass is 9.82. The van der Waals surface area contributed by atoms with Crippen molar-refractivity contribution in [3.8, 4) is 22.3 Å². The van der Waals surface area contributed by atoms with Crippen LogP contribution in [0.1, 0.15) is 100 Å². The molecule has 384 valence electrons. The zero-order valence-electron chi connectivity index (χ0n) is 41.9. The molecule has 3 aromatic heterocycles. The number of methoxy groups -OCH3 is 3. The molecule has 7 rings (SSSR count). The molecule has 1 aliphatic rings. The van der Waals surface area contributed by atoms with Crippen LogP contribution < -0.4 is 5.46 Å². The van der Waals surface area contributed by atoms with Crippen LogP contribution in [0.25, 0.3) is 22.3 Å². The fourth-order valence-corrected chi connectivity index (χ4v) is 6.09. The summed E-state index contributed by atoms with van der Waals surface area (Å²) in [6.45, 7) is 18.5. The zero-order chi connectivity index (χ0) is 53.9. The molecule has 0 radical (unpaired) electrons.